The maximum atomic E-state index is 13.8. The van der Waals surface area contributed by atoms with Crippen molar-refractivity contribution < 1.29 is 18.7 Å². The Morgan fingerprint density at radius 1 is 1.23 bits per heavy atom. The second kappa shape index (κ2) is 7.88. The Morgan fingerprint density at radius 2 is 2.00 bits per heavy atom. The summed E-state index contributed by atoms with van der Waals surface area (Å²) < 4.78 is 25.3. The van der Waals surface area contributed by atoms with Crippen LogP contribution >= 0.6 is 24.0 Å². The first-order valence-corrected chi connectivity index (χ1v) is 8.98. The summed E-state index contributed by atoms with van der Waals surface area (Å²) in [5.41, 5.74) is 1.22. The maximum absolute atomic E-state index is 13.8. The summed E-state index contributed by atoms with van der Waals surface area (Å²) >= 11 is 6.38. The first-order valence-electron chi connectivity index (χ1n) is 7.75. The molecule has 1 aliphatic rings. The van der Waals surface area contributed by atoms with Crippen molar-refractivity contribution >= 4 is 40.3 Å². The SMILES string of the molecule is COc1ccc(C=C2SC(=S)N(C)C2=O)cc1OCc1ccccc1F. The average Bonchev–Trinajstić information content (AvgIpc) is 2.88. The molecule has 134 valence electrons. The molecule has 0 spiro atoms. The lowest BCUT2D eigenvalue weighted by Gasteiger charge is -2.12. The van der Waals surface area contributed by atoms with Crippen molar-refractivity contribution in [3.8, 4) is 11.5 Å². The molecule has 0 atom stereocenters. The van der Waals surface area contributed by atoms with Gasteiger partial charge in [0.1, 0.15) is 16.7 Å². The van der Waals surface area contributed by atoms with Crippen molar-refractivity contribution in [3.63, 3.8) is 0 Å². The van der Waals surface area contributed by atoms with Crippen molar-refractivity contribution in [1.29, 1.82) is 0 Å². The third-order valence-corrected chi connectivity index (χ3v) is 5.30. The van der Waals surface area contributed by atoms with Gasteiger partial charge in [0, 0.05) is 12.6 Å². The Bertz CT molecular complexity index is 898. The Morgan fingerprint density at radius 3 is 2.65 bits per heavy atom. The maximum Gasteiger partial charge on any atom is 0.265 e. The van der Waals surface area contributed by atoms with Gasteiger partial charge in [-0.25, -0.2) is 4.39 Å². The third kappa shape index (κ3) is 3.89. The van der Waals surface area contributed by atoms with Gasteiger partial charge in [0.05, 0.1) is 12.0 Å². The lowest BCUT2D eigenvalue weighted by Crippen LogP contribution is -2.22. The molecule has 4 nitrogen and oxygen atoms in total. The van der Waals surface area contributed by atoms with Crippen molar-refractivity contribution in [3.05, 3.63) is 64.3 Å². The smallest absolute Gasteiger partial charge is 0.265 e. The van der Waals surface area contributed by atoms with Gasteiger partial charge in [-0.3, -0.25) is 9.69 Å². The Hall–Kier alpha value is -2.38. The minimum atomic E-state index is -0.325. The zero-order valence-electron chi connectivity index (χ0n) is 14.2. The summed E-state index contributed by atoms with van der Waals surface area (Å²) in [6.45, 7) is 0.0730. The number of carbonyl (C=O) groups excluding carboxylic acids is 1. The molecule has 0 aliphatic carbocycles. The monoisotopic (exact) mass is 389 g/mol. The molecule has 2 aromatic rings. The van der Waals surface area contributed by atoms with Crippen LogP contribution in [0.25, 0.3) is 6.08 Å². The van der Waals surface area contributed by atoms with Gasteiger partial charge in [-0.2, -0.15) is 0 Å². The van der Waals surface area contributed by atoms with Gasteiger partial charge in [-0.15, -0.1) is 0 Å². The number of nitrogens with zero attached hydrogens (tertiary/aromatic N) is 1. The molecule has 0 radical (unpaired) electrons. The number of hydrogen-bond donors (Lipinski definition) is 0. The van der Waals surface area contributed by atoms with E-state index in [2.05, 4.69) is 0 Å². The van der Waals surface area contributed by atoms with Gasteiger partial charge in [0.2, 0.25) is 0 Å². The second-order valence-corrected chi connectivity index (χ2v) is 7.21. The molecule has 7 heteroatoms. The zero-order chi connectivity index (χ0) is 18.7. The molecule has 1 saturated heterocycles. The van der Waals surface area contributed by atoms with E-state index in [4.69, 9.17) is 21.7 Å². The van der Waals surface area contributed by atoms with E-state index in [0.717, 1.165) is 5.56 Å². The summed E-state index contributed by atoms with van der Waals surface area (Å²) in [4.78, 5) is 14.1. The molecule has 1 amide bonds. The van der Waals surface area contributed by atoms with Gasteiger partial charge < -0.3 is 9.47 Å². The topological polar surface area (TPSA) is 38.8 Å². The Kier molecular flexibility index (Phi) is 5.58. The minimum absolute atomic E-state index is 0.0730. The van der Waals surface area contributed by atoms with Crippen LogP contribution in [0.1, 0.15) is 11.1 Å². The van der Waals surface area contributed by atoms with E-state index in [0.29, 0.717) is 26.3 Å². The van der Waals surface area contributed by atoms with Crippen LogP contribution in [0.5, 0.6) is 11.5 Å². The number of thiocarbonyl (C=S) groups is 1. The number of likely N-dealkylation sites (N-methyl/N-ethyl adjacent to an activating group) is 1. The van der Waals surface area contributed by atoms with Crippen LogP contribution in [-0.2, 0) is 11.4 Å². The second-order valence-electron chi connectivity index (χ2n) is 5.53. The van der Waals surface area contributed by atoms with Gasteiger partial charge in [-0.05, 0) is 29.8 Å². The van der Waals surface area contributed by atoms with E-state index in [1.54, 1.807) is 43.5 Å². The van der Waals surface area contributed by atoms with Crippen molar-refractivity contribution in [1.82, 2.24) is 4.90 Å². The van der Waals surface area contributed by atoms with E-state index < -0.39 is 0 Å². The first kappa shape index (κ1) is 18.4. The van der Waals surface area contributed by atoms with Crippen LogP contribution in [0.2, 0.25) is 0 Å². The number of amides is 1. The largest absolute Gasteiger partial charge is 0.493 e. The van der Waals surface area contributed by atoms with E-state index in [9.17, 15) is 9.18 Å². The van der Waals surface area contributed by atoms with Gasteiger partial charge in [0.25, 0.3) is 5.91 Å². The molecule has 0 bridgehead atoms. The number of carbonyl (C=O) groups is 1. The highest BCUT2D eigenvalue weighted by Gasteiger charge is 2.28. The third-order valence-electron chi connectivity index (χ3n) is 3.81. The van der Waals surface area contributed by atoms with Gasteiger partial charge >= 0.3 is 0 Å². The van der Waals surface area contributed by atoms with Crippen LogP contribution < -0.4 is 9.47 Å². The highest BCUT2D eigenvalue weighted by atomic mass is 32.2. The number of methoxy groups -OCH3 is 1. The number of hydrogen-bond acceptors (Lipinski definition) is 5. The van der Waals surface area contributed by atoms with E-state index in [1.165, 1.54) is 29.8 Å². The van der Waals surface area contributed by atoms with Crippen molar-refractivity contribution in [2.75, 3.05) is 14.2 Å². The molecule has 26 heavy (non-hydrogen) atoms. The molecule has 0 aromatic heterocycles. The summed E-state index contributed by atoms with van der Waals surface area (Å²) in [6, 6.07) is 11.7. The molecular weight excluding hydrogens is 373 g/mol. The van der Waals surface area contributed by atoms with Crippen molar-refractivity contribution in [2.24, 2.45) is 0 Å². The fraction of sp³-hybridized carbons (Fsp3) is 0.158. The molecule has 1 heterocycles. The summed E-state index contributed by atoms with van der Waals surface area (Å²) in [6.07, 6.45) is 1.75. The minimum Gasteiger partial charge on any atom is -0.493 e. The molecule has 0 saturated carbocycles. The number of benzene rings is 2. The Labute approximate surface area is 160 Å². The normalized spacial score (nSPS) is 15.7. The van der Waals surface area contributed by atoms with Crippen LogP contribution in [0.3, 0.4) is 0 Å². The number of thioether (sulfide) groups is 1. The standard InChI is InChI=1S/C19H16FNO3S2/c1-21-18(22)17(26-19(21)25)10-12-7-8-15(23-2)16(9-12)24-11-13-5-3-4-6-14(13)20/h3-10H,11H2,1-2H3. The van der Waals surface area contributed by atoms with Gasteiger partial charge in [0.15, 0.2) is 11.5 Å². The van der Waals surface area contributed by atoms with Crippen LogP contribution in [0.15, 0.2) is 47.4 Å². The summed E-state index contributed by atoms with van der Waals surface area (Å²) in [7, 11) is 3.18. The predicted octanol–water partition coefficient (Wildman–Crippen LogP) is 4.24. The van der Waals surface area contributed by atoms with Crippen LogP contribution in [0.4, 0.5) is 4.39 Å². The molecule has 2 aromatic carbocycles. The number of halogens is 1. The highest BCUT2D eigenvalue weighted by Crippen LogP contribution is 2.34. The molecule has 1 aliphatic heterocycles. The van der Waals surface area contributed by atoms with Crippen LogP contribution in [-0.4, -0.2) is 29.3 Å². The molecule has 1 fully saturated rings. The zero-order valence-corrected chi connectivity index (χ0v) is 15.8. The quantitative estimate of drug-likeness (QED) is 0.565. The Balaban J connectivity index is 1.84. The fourth-order valence-electron chi connectivity index (χ4n) is 2.36. The van der Waals surface area contributed by atoms with Crippen LogP contribution in [0, 0.1) is 5.82 Å². The fourth-order valence-corrected chi connectivity index (χ4v) is 3.54. The highest BCUT2D eigenvalue weighted by molar-refractivity contribution is 8.26. The summed E-state index contributed by atoms with van der Waals surface area (Å²) in [5, 5.41) is 0. The molecule has 3 rings (SSSR count). The van der Waals surface area contributed by atoms with Gasteiger partial charge in [-0.1, -0.05) is 48.2 Å². The average molecular weight is 389 g/mol. The van der Waals surface area contributed by atoms with E-state index in [1.807, 2.05) is 6.07 Å². The molecular formula is C19H16FNO3S2. The number of ether oxygens (including phenoxy) is 2. The van der Waals surface area contributed by atoms with E-state index in [-0.39, 0.29) is 18.3 Å². The lowest BCUT2D eigenvalue weighted by molar-refractivity contribution is -0.121. The molecule has 0 N–H and O–H groups in total. The number of rotatable bonds is 5. The molecule has 0 unspecified atom stereocenters. The van der Waals surface area contributed by atoms with E-state index >= 15 is 0 Å². The van der Waals surface area contributed by atoms with Crippen molar-refractivity contribution in [2.45, 2.75) is 6.61 Å². The predicted molar refractivity (Wildman–Crippen MR) is 105 cm³/mol. The summed E-state index contributed by atoms with van der Waals surface area (Å²) in [5.74, 6) is 0.539. The lowest BCUT2D eigenvalue weighted by atomic mass is 10.1. The first-order chi connectivity index (χ1) is 12.5.